The second kappa shape index (κ2) is 10.8. The minimum absolute atomic E-state index is 0.113. The SMILES string of the molecule is CCOc1ccccc1N(CC(=O)NCCCOC)S(=O)(=O)c1ccc(C)cc1. The molecule has 2 aromatic carbocycles. The Morgan fingerprint density at radius 1 is 1.10 bits per heavy atom. The largest absolute Gasteiger partial charge is 0.492 e. The van der Waals surface area contributed by atoms with E-state index in [9.17, 15) is 13.2 Å². The zero-order valence-corrected chi connectivity index (χ0v) is 17.9. The summed E-state index contributed by atoms with van der Waals surface area (Å²) in [4.78, 5) is 12.6. The van der Waals surface area contributed by atoms with Crippen molar-refractivity contribution in [3.8, 4) is 5.75 Å². The van der Waals surface area contributed by atoms with E-state index in [1.165, 1.54) is 12.1 Å². The molecule has 0 aliphatic heterocycles. The summed E-state index contributed by atoms with van der Waals surface area (Å²) in [7, 11) is -2.39. The molecule has 158 valence electrons. The van der Waals surface area contributed by atoms with Crippen LogP contribution < -0.4 is 14.4 Å². The highest BCUT2D eigenvalue weighted by Crippen LogP contribution is 2.32. The first-order valence-corrected chi connectivity index (χ1v) is 10.9. The fraction of sp³-hybridized carbons (Fsp3) is 0.381. The number of carbonyl (C=O) groups is 1. The summed E-state index contributed by atoms with van der Waals surface area (Å²) in [5, 5.41) is 2.74. The monoisotopic (exact) mass is 420 g/mol. The molecule has 29 heavy (non-hydrogen) atoms. The van der Waals surface area contributed by atoms with E-state index < -0.39 is 15.9 Å². The number of methoxy groups -OCH3 is 1. The topological polar surface area (TPSA) is 84.9 Å². The molecular formula is C21H28N2O5S. The van der Waals surface area contributed by atoms with E-state index in [0.29, 0.717) is 37.6 Å². The van der Waals surface area contributed by atoms with Gasteiger partial charge in [-0.15, -0.1) is 0 Å². The number of hydrogen-bond acceptors (Lipinski definition) is 5. The summed E-state index contributed by atoms with van der Waals surface area (Å²) in [5.41, 5.74) is 1.27. The summed E-state index contributed by atoms with van der Waals surface area (Å²) in [6.07, 6.45) is 0.641. The van der Waals surface area contributed by atoms with Crippen molar-refractivity contribution in [2.24, 2.45) is 0 Å². The van der Waals surface area contributed by atoms with Gasteiger partial charge in [0.15, 0.2) is 0 Å². The van der Waals surface area contributed by atoms with Crippen LogP contribution in [0.15, 0.2) is 53.4 Å². The number of ether oxygens (including phenoxy) is 2. The first kappa shape index (κ1) is 22.7. The first-order valence-electron chi connectivity index (χ1n) is 9.47. The van der Waals surface area contributed by atoms with E-state index in [1.54, 1.807) is 43.5 Å². The fourth-order valence-corrected chi connectivity index (χ4v) is 4.14. The van der Waals surface area contributed by atoms with E-state index in [0.717, 1.165) is 9.87 Å². The zero-order chi connectivity index (χ0) is 21.3. The molecule has 0 atom stereocenters. The summed E-state index contributed by atoms with van der Waals surface area (Å²) in [5.74, 6) is 0.000890. The Bertz CT molecular complexity index is 898. The van der Waals surface area contributed by atoms with E-state index in [1.807, 2.05) is 13.8 Å². The molecule has 7 nitrogen and oxygen atoms in total. The molecule has 8 heteroatoms. The van der Waals surface area contributed by atoms with Crippen molar-refractivity contribution in [3.05, 3.63) is 54.1 Å². The van der Waals surface area contributed by atoms with Gasteiger partial charge in [-0.05, 0) is 44.5 Å². The number of benzene rings is 2. The van der Waals surface area contributed by atoms with Gasteiger partial charge in [-0.3, -0.25) is 9.10 Å². The number of nitrogens with one attached hydrogen (secondary N) is 1. The normalized spacial score (nSPS) is 11.1. The summed E-state index contributed by atoms with van der Waals surface area (Å²) in [6, 6.07) is 13.3. The van der Waals surface area contributed by atoms with Crippen LogP contribution in [0.3, 0.4) is 0 Å². The lowest BCUT2D eigenvalue weighted by Gasteiger charge is -2.26. The minimum Gasteiger partial charge on any atom is -0.492 e. The number of carbonyl (C=O) groups excluding carboxylic acids is 1. The fourth-order valence-electron chi connectivity index (χ4n) is 2.71. The van der Waals surface area contributed by atoms with Crippen LogP contribution in [-0.4, -0.2) is 47.7 Å². The molecule has 2 rings (SSSR count). The summed E-state index contributed by atoms with van der Waals surface area (Å²) < 4.78 is 38.4. The number of aryl methyl sites for hydroxylation is 1. The van der Waals surface area contributed by atoms with Crippen molar-refractivity contribution in [3.63, 3.8) is 0 Å². The molecule has 0 saturated heterocycles. The van der Waals surface area contributed by atoms with Gasteiger partial charge in [-0.25, -0.2) is 8.42 Å². The molecule has 0 radical (unpaired) electrons. The predicted octanol–water partition coefficient (Wildman–Crippen LogP) is 2.74. The number of amides is 1. The highest BCUT2D eigenvalue weighted by atomic mass is 32.2. The molecular weight excluding hydrogens is 392 g/mol. The maximum Gasteiger partial charge on any atom is 0.264 e. The Morgan fingerprint density at radius 3 is 2.45 bits per heavy atom. The maximum absolute atomic E-state index is 13.4. The Hall–Kier alpha value is -2.58. The van der Waals surface area contributed by atoms with Crippen LogP contribution in [0.2, 0.25) is 0 Å². The Kier molecular flexibility index (Phi) is 8.48. The zero-order valence-electron chi connectivity index (χ0n) is 17.1. The van der Waals surface area contributed by atoms with Crippen LogP contribution in [0.1, 0.15) is 18.9 Å². The molecule has 0 spiro atoms. The van der Waals surface area contributed by atoms with E-state index in [4.69, 9.17) is 9.47 Å². The second-order valence-electron chi connectivity index (χ2n) is 6.42. The van der Waals surface area contributed by atoms with E-state index in [-0.39, 0.29) is 11.4 Å². The highest BCUT2D eigenvalue weighted by Gasteiger charge is 2.29. The third kappa shape index (κ3) is 6.20. The first-order chi connectivity index (χ1) is 13.9. The number of hydrogen-bond donors (Lipinski definition) is 1. The number of nitrogens with zero attached hydrogens (tertiary/aromatic N) is 1. The Morgan fingerprint density at radius 2 is 1.79 bits per heavy atom. The van der Waals surface area contributed by atoms with Gasteiger partial charge < -0.3 is 14.8 Å². The maximum atomic E-state index is 13.4. The van der Waals surface area contributed by atoms with E-state index >= 15 is 0 Å². The van der Waals surface area contributed by atoms with Gasteiger partial charge in [0.05, 0.1) is 17.2 Å². The van der Waals surface area contributed by atoms with Crippen LogP contribution in [0.4, 0.5) is 5.69 Å². The van der Waals surface area contributed by atoms with Crippen LogP contribution >= 0.6 is 0 Å². The molecule has 0 saturated carbocycles. The number of sulfonamides is 1. The summed E-state index contributed by atoms with van der Waals surface area (Å²) >= 11 is 0. The number of para-hydroxylation sites is 2. The standard InChI is InChI=1S/C21H28N2O5S/c1-4-28-20-9-6-5-8-19(20)23(16-21(24)22-14-7-15-27-3)29(25,26)18-12-10-17(2)11-13-18/h5-6,8-13H,4,7,14-16H2,1-3H3,(H,22,24). The molecule has 0 fully saturated rings. The number of rotatable bonds is 11. The molecule has 0 aliphatic carbocycles. The lowest BCUT2D eigenvalue weighted by molar-refractivity contribution is -0.119. The number of anilines is 1. The smallest absolute Gasteiger partial charge is 0.264 e. The molecule has 2 aromatic rings. The van der Waals surface area contributed by atoms with Gasteiger partial charge in [-0.1, -0.05) is 29.8 Å². The summed E-state index contributed by atoms with van der Waals surface area (Å²) in [6.45, 7) is 4.63. The van der Waals surface area contributed by atoms with Crippen molar-refractivity contribution < 1.29 is 22.7 Å². The van der Waals surface area contributed by atoms with Crippen molar-refractivity contribution >= 4 is 21.6 Å². The highest BCUT2D eigenvalue weighted by molar-refractivity contribution is 7.92. The average Bonchev–Trinajstić information content (AvgIpc) is 2.70. The molecule has 0 aliphatic rings. The van der Waals surface area contributed by atoms with Gasteiger partial charge in [0.25, 0.3) is 10.0 Å². The predicted molar refractivity (Wildman–Crippen MR) is 113 cm³/mol. The third-order valence-corrected chi connectivity index (χ3v) is 5.95. The lowest BCUT2D eigenvalue weighted by Crippen LogP contribution is -2.41. The van der Waals surface area contributed by atoms with Crippen LogP contribution in [0, 0.1) is 6.92 Å². The quantitative estimate of drug-likeness (QED) is 0.565. The molecule has 1 N–H and O–H groups in total. The van der Waals surface area contributed by atoms with Crippen molar-refractivity contribution in [1.29, 1.82) is 0 Å². The van der Waals surface area contributed by atoms with Gasteiger partial charge >= 0.3 is 0 Å². The second-order valence-corrected chi connectivity index (χ2v) is 8.28. The van der Waals surface area contributed by atoms with Crippen molar-refractivity contribution in [2.75, 3.05) is 37.7 Å². The minimum atomic E-state index is -3.97. The molecule has 0 bridgehead atoms. The Balaban J connectivity index is 2.38. The third-order valence-electron chi connectivity index (χ3n) is 4.18. The molecule has 0 aromatic heterocycles. The van der Waals surface area contributed by atoms with Crippen molar-refractivity contribution in [1.82, 2.24) is 5.32 Å². The lowest BCUT2D eigenvalue weighted by atomic mass is 10.2. The van der Waals surface area contributed by atoms with Crippen LogP contribution in [0.5, 0.6) is 5.75 Å². The molecule has 0 heterocycles. The van der Waals surface area contributed by atoms with E-state index in [2.05, 4.69) is 5.32 Å². The average molecular weight is 421 g/mol. The van der Waals surface area contributed by atoms with Gasteiger partial charge in [0.1, 0.15) is 12.3 Å². The molecule has 1 amide bonds. The van der Waals surface area contributed by atoms with Crippen molar-refractivity contribution in [2.45, 2.75) is 25.2 Å². The Labute approximate surface area is 172 Å². The van der Waals surface area contributed by atoms with Crippen LogP contribution in [-0.2, 0) is 19.6 Å². The van der Waals surface area contributed by atoms with Gasteiger partial charge in [0, 0.05) is 20.3 Å². The molecule has 0 unspecified atom stereocenters. The van der Waals surface area contributed by atoms with Gasteiger partial charge in [-0.2, -0.15) is 0 Å². The van der Waals surface area contributed by atoms with Crippen LogP contribution in [0.25, 0.3) is 0 Å². The van der Waals surface area contributed by atoms with Gasteiger partial charge in [0.2, 0.25) is 5.91 Å².